The monoisotopic (exact) mass is 564 g/mol. The van der Waals surface area contributed by atoms with Crippen LogP contribution >= 0.6 is 35.6 Å². The molecule has 1 fully saturated rings. The summed E-state index contributed by atoms with van der Waals surface area (Å²) >= 11 is 12.9. The summed E-state index contributed by atoms with van der Waals surface area (Å²) < 4.78 is 0. The van der Waals surface area contributed by atoms with E-state index in [-0.39, 0.29) is 30.3 Å². The van der Waals surface area contributed by atoms with Gasteiger partial charge in [0.15, 0.2) is 0 Å². The highest BCUT2D eigenvalue weighted by atomic mass is 35.5. The third kappa shape index (κ3) is 6.59. The van der Waals surface area contributed by atoms with Crippen LogP contribution in [0.5, 0.6) is 0 Å². The summed E-state index contributed by atoms with van der Waals surface area (Å²) in [5.74, 6) is 0.232. The fourth-order valence-electron chi connectivity index (χ4n) is 5.28. The van der Waals surface area contributed by atoms with Gasteiger partial charge in [0, 0.05) is 48.6 Å². The fourth-order valence-corrected chi connectivity index (χ4v) is 5.79. The van der Waals surface area contributed by atoms with Crippen LogP contribution in [0.15, 0.2) is 109 Å². The van der Waals surface area contributed by atoms with Crippen molar-refractivity contribution in [1.82, 2.24) is 9.80 Å². The molecule has 1 saturated heterocycles. The predicted molar refractivity (Wildman–Crippen MR) is 159 cm³/mol. The van der Waals surface area contributed by atoms with Crippen molar-refractivity contribution in [2.45, 2.75) is 18.4 Å². The normalized spacial score (nSPS) is 14.7. The van der Waals surface area contributed by atoms with E-state index in [2.05, 4.69) is 53.4 Å². The molecular weight excluding hydrogens is 535 g/mol. The number of halogens is 3. The highest BCUT2D eigenvalue weighted by Crippen LogP contribution is 2.36. The average molecular weight is 566 g/mol. The molecule has 38 heavy (non-hydrogen) atoms. The topological polar surface area (TPSA) is 23.6 Å². The van der Waals surface area contributed by atoms with E-state index in [0.29, 0.717) is 29.6 Å². The molecule has 0 saturated carbocycles. The maximum Gasteiger partial charge on any atom is 0.223 e. The fraction of sp³-hybridized carbons (Fsp3) is 0.219. The molecule has 1 aliphatic heterocycles. The number of piperazine rings is 1. The summed E-state index contributed by atoms with van der Waals surface area (Å²) in [6, 6.07) is 36.8. The van der Waals surface area contributed by atoms with Crippen LogP contribution in [0.2, 0.25) is 10.0 Å². The quantitative estimate of drug-likeness (QED) is 0.228. The van der Waals surface area contributed by atoms with Crippen molar-refractivity contribution < 1.29 is 4.79 Å². The lowest BCUT2D eigenvalue weighted by Gasteiger charge is -2.40. The predicted octanol–water partition coefficient (Wildman–Crippen LogP) is 7.87. The van der Waals surface area contributed by atoms with E-state index >= 15 is 0 Å². The molecule has 1 aliphatic rings. The maximum absolute atomic E-state index is 13.5. The van der Waals surface area contributed by atoms with Gasteiger partial charge in [-0.2, -0.15) is 0 Å². The molecule has 4 aromatic carbocycles. The van der Waals surface area contributed by atoms with E-state index < -0.39 is 0 Å². The first-order valence-electron chi connectivity index (χ1n) is 12.7. The number of amides is 1. The van der Waals surface area contributed by atoms with E-state index in [1.54, 1.807) is 0 Å². The van der Waals surface area contributed by atoms with Crippen LogP contribution in [-0.2, 0) is 4.79 Å². The third-order valence-electron chi connectivity index (χ3n) is 7.19. The van der Waals surface area contributed by atoms with Crippen LogP contribution < -0.4 is 0 Å². The van der Waals surface area contributed by atoms with Gasteiger partial charge < -0.3 is 4.90 Å². The molecule has 4 aromatic rings. The minimum Gasteiger partial charge on any atom is -0.340 e. The highest BCUT2D eigenvalue weighted by molar-refractivity contribution is 6.35. The molecular formula is C32H31Cl3N2O. The third-order valence-corrected chi connectivity index (χ3v) is 7.75. The zero-order chi connectivity index (χ0) is 25.6. The number of hydrogen-bond acceptors (Lipinski definition) is 2. The lowest BCUT2D eigenvalue weighted by molar-refractivity contribution is -0.133. The number of benzene rings is 4. The van der Waals surface area contributed by atoms with Gasteiger partial charge in [-0.1, -0.05) is 120 Å². The van der Waals surface area contributed by atoms with Gasteiger partial charge in [0.1, 0.15) is 0 Å². The number of rotatable bonds is 7. The number of carbonyl (C=O) groups is 1. The second kappa shape index (κ2) is 13.3. The summed E-state index contributed by atoms with van der Waals surface area (Å²) in [6.07, 6.45) is 0.457. The Balaban J connectivity index is 0.00000336. The Morgan fingerprint density at radius 2 is 1.18 bits per heavy atom. The Hall–Kier alpha value is -2.82. The summed E-state index contributed by atoms with van der Waals surface area (Å²) in [5, 5.41) is 1.29. The smallest absolute Gasteiger partial charge is 0.223 e. The van der Waals surface area contributed by atoms with Crippen LogP contribution in [0, 0.1) is 0 Å². The summed E-state index contributed by atoms with van der Waals surface area (Å²) in [5.41, 5.74) is 4.55. The van der Waals surface area contributed by atoms with Crippen molar-refractivity contribution in [2.75, 3.05) is 26.2 Å². The maximum atomic E-state index is 13.5. The molecule has 0 bridgehead atoms. The molecule has 0 aromatic heterocycles. The number of hydrogen-bond donors (Lipinski definition) is 0. The van der Waals surface area contributed by atoms with Gasteiger partial charge in [0.2, 0.25) is 5.91 Å². The van der Waals surface area contributed by atoms with Crippen molar-refractivity contribution in [3.63, 3.8) is 0 Å². The van der Waals surface area contributed by atoms with E-state index in [1.807, 2.05) is 65.6 Å². The zero-order valence-corrected chi connectivity index (χ0v) is 23.4. The van der Waals surface area contributed by atoms with Crippen molar-refractivity contribution in [3.05, 3.63) is 141 Å². The molecule has 5 rings (SSSR count). The lowest BCUT2D eigenvalue weighted by Crippen LogP contribution is -2.50. The van der Waals surface area contributed by atoms with Crippen molar-refractivity contribution >= 4 is 41.5 Å². The first kappa shape index (κ1) is 28.2. The van der Waals surface area contributed by atoms with Gasteiger partial charge in [-0.3, -0.25) is 9.69 Å². The van der Waals surface area contributed by atoms with Crippen LogP contribution in [-0.4, -0.2) is 41.9 Å². The van der Waals surface area contributed by atoms with Crippen molar-refractivity contribution in [3.8, 4) is 0 Å². The van der Waals surface area contributed by atoms with Crippen LogP contribution in [0.3, 0.4) is 0 Å². The summed E-state index contributed by atoms with van der Waals surface area (Å²) in [4.78, 5) is 18.0. The van der Waals surface area contributed by atoms with Gasteiger partial charge in [0.25, 0.3) is 0 Å². The van der Waals surface area contributed by atoms with E-state index in [4.69, 9.17) is 23.2 Å². The second-order valence-corrected chi connectivity index (χ2v) is 10.3. The SMILES string of the molecule is Cl.O=C(CC(c1ccccc1)c1ccccc1)N1CCN(C(c2ccccc2)c2ccc(Cl)cc2Cl)CC1. The highest BCUT2D eigenvalue weighted by Gasteiger charge is 2.30. The molecule has 0 spiro atoms. The molecule has 0 N–H and O–H groups in total. The Morgan fingerprint density at radius 3 is 1.68 bits per heavy atom. The van der Waals surface area contributed by atoms with E-state index in [1.165, 1.54) is 16.7 Å². The molecule has 1 unspecified atom stereocenters. The van der Waals surface area contributed by atoms with Crippen LogP contribution in [0.1, 0.15) is 40.6 Å². The van der Waals surface area contributed by atoms with Gasteiger partial charge in [-0.15, -0.1) is 12.4 Å². The Labute approximate surface area is 241 Å². The van der Waals surface area contributed by atoms with Gasteiger partial charge in [0.05, 0.1) is 6.04 Å². The molecule has 1 heterocycles. The molecule has 0 radical (unpaired) electrons. The number of carbonyl (C=O) groups excluding carboxylic acids is 1. The lowest BCUT2D eigenvalue weighted by atomic mass is 9.88. The summed E-state index contributed by atoms with van der Waals surface area (Å²) in [6.45, 7) is 2.91. The molecule has 1 amide bonds. The first-order chi connectivity index (χ1) is 18.1. The minimum atomic E-state index is 0. The van der Waals surface area contributed by atoms with Crippen molar-refractivity contribution in [2.24, 2.45) is 0 Å². The average Bonchev–Trinajstić information content (AvgIpc) is 2.95. The van der Waals surface area contributed by atoms with Crippen LogP contribution in [0.25, 0.3) is 0 Å². The van der Waals surface area contributed by atoms with Gasteiger partial charge in [-0.25, -0.2) is 0 Å². The van der Waals surface area contributed by atoms with Gasteiger partial charge in [-0.05, 0) is 34.4 Å². The summed E-state index contributed by atoms with van der Waals surface area (Å²) in [7, 11) is 0. The van der Waals surface area contributed by atoms with Crippen LogP contribution in [0.4, 0.5) is 0 Å². The molecule has 3 nitrogen and oxygen atoms in total. The van der Waals surface area contributed by atoms with Gasteiger partial charge >= 0.3 is 0 Å². The largest absolute Gasteiger partial charge is 0.340 e. The Kier molecular flexibility index (Phi) is 9.87. The van der Waals surface area contributed by atoms with E-state index in [0.717, 1.165) is 18.7 Å². The first-order valence-corrected chi connectivity index (χ1v) is 13.5. The zero-order valence-electron chi connectivity index (χ0n) is 21.0. The second-order valence-electron chi connectivity index (χ2n) is 9.47. The van der Waals surface area contributed by atoms with E-state index in [9.17, 15) is 4.79 Å². The Morgan fingerprint density at radius 1 is 0.684 bits per heavy atom. The standard InChI is InChI=1S/C32H30Cl2N2O.ClH/c33-27-16-17-28(30(34)22-27)32(26-14-8-3-9-15-26)36-20-18-35(19-21-36)31(37)23-29(24-10-4-1-5-11-24)25-12-6-2-7-13-25;/h1-17,22,29,32H,18-21,23H2;1H. The Bertz CT molecular complexity index is 1270. The molecule has 6 heteroatoms. The molecule has 196 valence electrons. The molecule has 1 atom stereocenters. The minimum absolute atomic E-state index is 0. The number of nitrogens with zero attached hydrogens (tertiary/aromatic N) is 2. The van der Waals surface area contributed by atoms with Crippen molar-refractivity contribution in [1.29, 1.82) is 0 Å². The molecule has 0 aliphatic carbocycles.